The molecule has 0 spiro atoms. The monoisotopic (exact) mass is 429 g/mol. The van der Waals surface area contributed by atoms with Crippen LogP contribution in [-0.4, -0.2) is 8.32 Å². The van der Waals surface area contributed by atoms with Crippen molar-refractivity contribution in [1.29, 1.82) is 0 Å². The van der Waals surface area contributed by atoms with Crippen molar-refractivity contribution in [2.75, 3.05) is 5.73 Å². The molecule has 2 N–H and O–H groups in total. The number of hydrogen-bond donors (Lipinski definition) is 1. The summed E-state index contributed by atoms with van der Waals surface area (Å²) >= 11 is 6.35. The molecule has 29 heavy (non-hydrogen) atoms. The molecule has 1 aliphatic rings. The summed E-state index contributed by atoms with van der Waals surface area (Å²) < 4.78 is 7.01. The third-order valence-electron chi connectivity index (χ3n) is 6.92. The van der Waals surface area contributed by atoms with Crippen LogP contribution in [0.25, 0.3) is 0 Å². The maximum atomic E-state index is 7.01. The molecule has 2 aromatic rings. The number of halogens is 1. The van der Waals surface area contributed by atoms with Gasteiger partial charge in [0.25, 0.3) is 0 Å². The van der Waals surface area contributed by atoms with Gasteiger partial charge in [0.05, 0.1) is 6.10 Å². The molecule has 0 radical (unpaired) electrons. The van der Waals surface area contributed by atoms with Crippen LogP contribution in [0, 0.1) is 11.8 Å². The second-order valence-electron chi connectivity index (χ2n) is 10.2. The van der Waals surface area contributed by atoms with Crippen LogP contribution in [0.1, 0.15) is 57.3 Å². The van der Waals surface area contributed by atoms with E-state index < -0.39 is 8.32 Å². The molecular formula is C25H36ClNOSi. The van der Waals surface area contributed by atoms with Gasteiger partial charge in [-0.2, -0.15) is 0 Å². The molecule has 0 heterocycles. The van der Waals surface area contributed by atoms with Gasteiger partial charge in [0.2, 0.25) is 0 Å². The summed E-state index contributed by atoms with van der Waals surface area (Å²) in [7, 11) is -1.90. The van der Waals surface area contributed by atoms with Gasteiger partial charge < -0.3 is 10.2 Å². The Hall–Kier alpha value is -1.29. The molecule has 0 saturated heterocycles. The average Bonchev–Trinajstić information content (AvgIpc) is 3.09. The van der Waals surface area contributed by atoms with Crippen molar-refractivity contribution in [1.82, 2.24) is 0 Å². The van der Waals surface area contributed by atoms with Crippen LogP contribution in [-0.2, 0) is 10.8 Å². The first-order valence-electron chi connectivity index (χ1n) is 10.8. The van der Waals surface area contributed by atoms with Crippen LogP contribution in [0.3, 0.4) is 0 Å². The van der Waals surface area contributed by atoms with Crippen LogP contribution in [0.4, 0.5) is 5.69 Å². The summed E-state index contributed by atoms with van der Waals surface area (Å²) in [4.78, 5) is 0. The van der Waals surface area contributed by atoms with Gasteiger partial charge in [0.1, 0.15) is 0 Å². The number of nitrogen functional groups attached to an aromatic ring is 1. The van der Waals surface area contributed by atoms with E-state index in [1.165, 1.54) is 30.4 Å². The highest BCUT2D eigenvalue weighted by molar-refractivity contribution is 6.74. The highest BCUT2D eigenvalue weighted by Crippen LogP contribution is 2.47. The number of hydrogen-bond acceptors (Lipinski definition) is 2. The van der Waals surface area contributed by atoms with Gasteiger partial charge in [-0.1, -0.05) is 56.6 Å². The molecule has 1 saturated carbocycles. The zero-order chi connectivity index (χ0) is 21.2. The van der Waals surface area contributed by atoms with Crippen LogP contribution in [0.15, 0.2) is 48.5 Å². The van der Waals surface area contributed by atoms with Gasteiger partial charge in [0.15, 0.2) is 8.32 Å². The van der Waals surface area contributed by atoms with Crippen LogP contribution in [0.5, 0.6) is 0 Å². The minimum Gasteiger partial charge on any atom is -0.410 e. The lowest BCUT2D eigenvalue weighted by Crippen LogP contribution is -2.43. The van der Waals surface area contributed by atoms with Crippen molar-refractivity contribution in [2.45, 2.75) is 70.7 Å². The summed E-state index contributed by atoms with van der Waals surface area (Å²) in [5.41, 5.74) is 9.30. The van der Waals surface area contributed by atoms with E-state index in [1.807, 2.05) is 18.2 Å². The Morgan fingerprint density at radius 3 is 2.41 bits per heavy atom. The summed E-state index contributed by atoms with van der Waals surface area (Å²) in [6, 6.07) is 16.7. The van der Waals surface area contributed by atoms with E-state index in [0.717, 1.165) is 17.1 Å². The Balaban J connectivity index is 1.78. The van der Waals surface area contributed by atoms with E-state index in [-0.39, 0.29) is 11.1 Å². The molecule has 2 nitrogen and oxygen atoms in total. The second-order valence-corrected chi connectivity index (χ2v) is 15.4. The molecule has 3 atom stereocenters. The second kappa shape index (κ2) is 8.83. The van der Waals surface area contributed by atoms with Crippen molar-refractivity contribution in [3.8, 4) is 0 Å². The largest absolute Gasteiger partial charge is 0.410 e. The molecular weight excluding hydrogens is 394 g/mol. The van der Waals surface area contributed by atoms with Gasteiger partial charge in [0, 0.05) is 10.7 Å². The highest BCUT2D eigenvalue weighted by atomic mass is 35.5. The van der Waals surface area contributed by atoms with Gasteiger partial charge in [-0.3, -0.25) is 0 Å². The van der Waals surface area contributed by atoms with E-state index in [2.05, 4.69) is 64.2 Å². The minimum atomic E-state index is -1.90. The average molecular weight is 430 g/mol. The molecule has 3 rings (SSSR count). The molecule has 0 amide bonds. The normalized spacial score (nSPS) is 21.3. The molecule has 4 heteroatoms. The third kappa shape index (κ3) is 5.65. The van der Waals surface area contributed by atoms with Gasteiger partial charge >= 0.3 is 0 Å². The first-order valence-corrected chi connectivity index (χ1v) is 14.1. The number of nitrogens with two attached hydrogens (primary N) is 1. The smallest absolute Gasteiger partial charge is 0.192 e. The standard InChI is InChI=1S/C25H36ClNOSi/c1-25(2,3)29(4,5)28-24(20-7-6-8-22(26)17-20)21-12-9-19(16-21)15-18-10-13-23(27)14-11-18/h6-8,10-11,13-14,17,19,21,24H,9,12,15-16,27H2,1-5H3/t19?,21-,24+/m0/s1. The Labute approximate surface area is 182 Å². The molecule has 1 unspecified atom stereocenters. The van der Waals surface area contributed by atoms with E-state index >= 15 is 0 Å². The lowest BCUT2D eigenvalue weighted by atomic mass is 9.91. The molecule has 1 aliphatic carbocycles. The van der Waals surface area contributed by atoms with E-state index in [1.54, 1.807) is 0 Å². The van der Waals surface area contributed by atoms with E-state index in [0.29, 0.717) is 11.8 Å². The van der Waals surface area contributed by atoms with E-state index in [9.17, 15) is 0 Å². The Kier molecular flexibility index (Phi) is 6.82. The fourth-order valence-electron chi connectivity index (χ4n) is 4.18. The molecule has 158 valence electrons. The van der Waals surface area contributed by atoms with Crippen molar-refractivity contribution in [3.63, 3.8) is 0 Å². The van der Waals surface area contributed by atoms with Gasteiger partial charge in [-0.25, -0.2) is 0 Å². The summed E-state index contributed by atoms with van der Waals surface area (Å²) in [5, 5.41) is 0.981. The Bertz CT molecular complexity index is 812. The molecule has 0 aromatic heterocycles. The van der Waals surface area contributed by atoms with Crippen molar-refractivity contribution in [2.24, 2.45) is 11.8 Å². The van der Waals surface area contributed by atoms with Crippen LogP contribution in [0.2, 0.25) is 23.2 Å². The highest BCUT2D eigenvalue weighted by Gasteiger charge is 2.42. The maximum Gasteiger partial charge on any atom is 0.192 e. The molecule has 1 fully saturated rings. The van der Waals surface area contributed by atoms with Gasteiger partial charge in [-0.15, -0.1) is 0 Å². The van der Waals surface area contributed by atoms with Crippen molar-refractivity contribution >= 4 is 25.6 Å². The number of rotatable bonds is 6. The third-order valence-corrected chi connectivity index (χ3v) is 11.6. The quantitative estimate of drug-likeness (QED) is 0.378. The number of benzene rings is 2. The zero-order valence-electron chi connectivity index (χ0n) is 18.5. The van der Waals surface area contributed by atoms with Crippen molar-refractivity contribution < 1.29 is 4.43 Å². The van der Waals surface area contributed by atoms with Crippen LogP contribution < -0.4 is 5.73 Å². The van der Waals surface area contributed by atoms with Gasteiger partial charge in [-0.05, 0) is 91.0 Å². The summed E-state index contributed by atoms with van der Waals surface area (Å²) in [5.74, 6) is 1.25. The Morgan fingerprint density at radius 1 is 1.10 bits per heavy atom. The SMILES string of the molecule is CC(C)(C)[Si](C)(C)O[C@H](c1cccc(Cl)c1)[C@H]1CCC(Cc2ccc(N)cc2)C1. The lowest BCUT2D eigenvalue weighted by Gasteiger charge is -2.41. The number of anilines is 1. The van der Waals surface area contributed by atoms with E-state index in [4.69, 9.17) is 21.8 Å². The first kappa shape index (κ1) is 22.4. The fourth-order valence-corrected chi connectivity index (χ4v) is 5.69. The molecule has 0 aliphatic heterocycles. The minimum absolute atomic E-state index is 0.131. The first-order chi connectivity index (χ1) is 13.5. The predicted octanol–water partition coefficient (Wildman–Crippen LogP) is 7.64. The summed E-state index contributed by atoms with van der Waals surface area (Å²) in [6.07, 6.45) is 4.93. The molecule has 0 bridgehead atoms. The summed E-state index contributed by atoms with van der Waals surface area (Å²) in [6.45, 7) is 11.6. The fraction of sp³-hybridized carbons (Fsp3) is 0.520. The van der Waals surface area contributed by atoms with Crippen LogP contribution >= 0.6 is 11.6 Å². The zero-order valence-corrected chi connectivity index (χ0v) is 20.3. The molecule has 2 aromatic carbocycles. The Morgan fingerprint density at radius 2 is 1.79 bits per heavy atom. The predicted molar refractivity (Wildman–Crippen MR) is 128 cm³/mol. The van der Waals surface area contributed by atoms with Crippen molar-refractivity contribution in [3.05, 3.63) is 64.7 Å². The maximum absolute atomic E-state index is 7.01. The topological polar surface area (TPSA) is 35.2 Å². The lowest BCUT2D eigenvalue weighted by molar-refractivity contribution is 0.118.